The van der Waals surface area contributed by atoms with Crippen molar-refractivity contribution >= 4 is 45.8 Å². The summed E-state index contributed by atoms with van der Waals surface area (Å²) in [5.74, 6) is -4.99. The van der Waals surface area contributed by atoms with Gasteiger partial charge in [0.2, 0.25) is 0 Å². The number of thiazole rings is 1. The van der Waals surface area contributed by atoms with E-state index in [1.54, 1.807) is 25.7 Å². The van der Waals surface area contributed by atoms with Gasteiger partial charge in [-0.25, -0.2) is 32.0 Å². The van der Waals surface area contributed by atoms with Crippen LogP contribution in [0, 0.1) is 11.6 Å². The molecule has 3 amide bonds. The topological polar surface area (TPSA) is 122 Å². The maximum absolute atomic E-state index is 14.6. The number of hydrogen-bond donors (Lipinski definition) is 2. The normalized spacial score (nSPS) is 15.7. The van der Waals surface area contributed by atoms with Gasteiger partial charge in [0.05, 0.1) is 11.8 Å². The second-order valence-electron chi connectivity index (χ2n) is 11.8. The van der Waals surface area contributed by atoms with E-state index >= 15 is 0 Å². The standard InChI is InChI=1S/C29H32F7N7O4S/c1-28(2,3)47-27(46)40-24-21(39-23(48-24)20-16(30)8-5-9-17(20)31)22(44)38-18-13-37-43(14-19(32)33)25(18)42-11-6-7-15(10-12-42)41(4)26(45)29(34,35)36/h5,8-9,13,15,19H,6-7,10-12,14H2,1-4H3,(H,38,44)(H,40,46). The molecule has 11 nitrogen and oxygen atoms in total. The lowest BCUT2D eigenvalue weighted by atomic mass is 10.1. The molecule has 0 bridgehead atoms. The Bertz CT molecular complexity index is 1630. The molecule has 0 saturated carbocycles. The molecule has 1 aliphatic rings. The van der Waals surface area contributed by atoms with E-state index in [0.29, 0.717) is 16.2 Å². The van der Waals surface area contributed by atoms with E-state index < -0.39 is 71.6 Å². The first-order valence-corrected chi connectivity index (χ1v) is 15.4. The summed E-state index contributed by atoms with van der Waals surface area (Å²) in [5, 5.41) is 8.30. The lowest BCUT2D eigenvalue weighted by Gasteiger charge is -2.28. The van der Waals surface area contributed by atoms with Crippen molar-refractivity contribution < 1.29 is 49.9 Å². The molecule has 1 atom stereocenters. The highest BCUT2D eigenvalue weighted by Gasteiger charge is 2.43. The number of ether oxygens (including phenoxy) is 1. The Morgan fingerprint density at radius 3 is 2.35 bits per heavy atom. The molecule has 0 aliphatic carbocycles. The van der Waals surface area contributed by atoms with E-state index in [2.05, 4.69) is 20.7 Å². The third-order valence-electron chi connectivity index (χ3n) is 7.11. The van der Waals surface area contributed by atoms with Crippen molar-refractivity contribution in [1.82, 2.24) is 19.7 Å². The van der Waals surface area contributed by atoms with Crippen LogP contribution in [0.4, 0.5) is 52.0 Å². The predicted octanol–water partition coefficient (Wildman–Crippen LogP) is 6.53. The van der Waals surface area contributed by atoms with Crippen LogP contribution in [0.3, 0.4) is 0 Å². The van der Waals surface area contributed by atoms with Gasteiger partial charge in [0, 0.05) is 26.2 Å². The van der Waals surface area contributed by atoms with E-state index in [0.717, 1.165) is 36.1 Å². The molecule has 3 heterocycles. The molecule has 262 valence electrons. The molecular formula is C29H32F7N7O4S. The largest absolute Gasteiger partial charge is 0.471 e. The molecule has 0 radical (unpaired) electrons. The van der Waals surface area contributed by atoms with Gasteiger partial charge in [-0.3, -0.25) is 14.9 Å². The first kappa shape index (κ1) is 36.4. The summed E-state index contributed by atoms with van der Waals surface area (Å²) in [7, 11) is 1.04. The molecule has 2 N–H and O–H groups in total. The zero-order chi connectivity index (χ0) is 35.6. The minimum atomic E-state index is -5.07. The Morgan fingerprint density at radius 2 is 1.75 bits per heavy atom. The SMILES string of the molecule is CN(C(=O)C(F)(F)F)C1CCCN(c2c(NC(=O)c3nc(-c4c(F)cccc4F)sc3NC(=O)OC(C)(C)C)cnn2CC(F)F)CC1. The van der Waals surface area contributed by atoms with Gasteiger partial charge in [-0.15, -0.1) is 0 Å². The van der Waals surface area contributed by atoms with E-state index in [4.69, 9.17) is 4.74 Å². The molecule has 1 aromatic carbocycles. The fraction of sp³-hybridized carbons (Fsp3) is 0.483. The maximum Gasteiger partial charge on any atom is 0.471 e. The summed E-state index contributed by atoms with van der Waals surface area (Å²) in [4.78, 5) is 44.3. The summed E-state index contributed by atoms with van der Waals surface area (Å²) in [6, 6.07) is 2.28. The Balaban J connectivity index is 1.67. The zero-order valence-corrected chi connectivity index (χ0v) is 26.9. The summed E-state index contributed by atoms with van der Waals surface area (Å²) in [5.41, 5.74) is -2.09. The molecule has 48 heavy (non-hydrogen) atoms. The number of halogens is 7. The quantitative estimate of drug-likeness (QED) is 0.256. The molecule has 2 aromatic heterocycles. The number of alkyl halides is 5. The van der Waals surface area contributed by atoms with Gasteiger partial charge in [-0.2, -0.15) is 18.3 Å². The Kier molecular flexibility index (Phi) is 10.9. The smallest absolute Gasteiger partial charge is 0.444 e. The fourth-order valence-electron chi connectivity index (χ4n) is 5.05. The molecule has 1 saturated heterocycles. The molecular weight excluding hydrogens is 675 g/mol. The van der Waals surface area contributed by atoms with E-state index in [-0.39, 0.29) is 53.9 Å². The number of benzene rings is 1. The van der Waals surface area contributed by atoms with Gasteiger partial charge in [0.25, 0.3) is 12.3 Å². The summed E-state index contributed by atoms with van der Waals surface area (Å²) in [6.45, 7) is 4.03. The minimum absolute atomic E-state index is 0.00588. The molecule has 0 spiro atoms. The third-order valence-corrected chi connectivity index (χ3v) is 8.10. The van der Waals surface area contributed by atoms with Gasteiger partial charge < -0.3 is 19.9 Å². The van der Waals surface area contributed by atoms with Crippen LogP contribution in [-0.4, -0.2) is 82.0 Å². The highest BCUT2D eigenvalue weighted by molar-refractivity contribution is 7.19. The van der Waals surface area contributed by atoms with Crippen LogP contribution in [0.5, 0.6) is 0 Å². The molecule has 3 aromatic rings. The predicted molar refractivity (Wildman–Crippen MR) is 162 cm³/mol. The number of nitrogens with one attached hydrogen (secondary N) is 2. The van der Waals surface area contributed by atoms with Crippen molar-refractivity contribution in [2.75, 3.05) is 35.7 Å². The van der Waals surface area contributed by atoms with Crippen molar-refractivity contribution in [3.8, 4) is 10.6 Å². The van der Waals surface area contributed by atoms with Crippen molar-refractivity contribution in [1.29, 1.82) is 0 Å². The first-order valence-electron chi connectivity index (χ1n) is 14.5. The number of rotatable bonds is 8. The van der Waals surface area contributed by atoms with Crippen LogP contribution in [0.2, 0.25) is 0 Å². The van der Waals surface area contributed by atoms with Crippen LogP contribution < -0.4 is 15.5 Å². The van der Waals surface area contributed by atoms with E-state index in [9.17, 15) is 45.1 Å². The summed E-state index contributed by atoms with van der Waals surface area (Å²) < 4.78 is 102. The number of carbonyl (C=O) groups excluding carboxylic acids is 3. The molecule has 1 aliphatic heterocycles. The number of aromatic nitrogens is 3. The van der Waals surface area contributed by atoms with Crippen LogP contribution in [0.25, 0.3) is 10.6 Å². The van der Waals surface area contributed by atoms with Gasteiger partial charge >= 0.3 is 18.2 Å². The first-order chi connectivity index (χ1) is 22.4. The third kappa shape index (κ3) is 8.73. The van der Waals surface area contributed by atoms with Crippen LogP contribution >= 0.6 is 11.3 Å². The molecule has 19 heteroatoms. The van der Waals surface area contributed by atoms with Gasteiger partial charge in [0.1, 0.15) is 39.5 Å². The van der Waals surface area contributed by atoms with Gasteiger partial charge in [-0.1, -0.05) is 17.4 Å². The van der Waals surface area contributed by atoms with E-state index in [1.807, 2.05) is 0 Å². The lowest BCUT2D eigenvalue weighted by Crippen LogP contribution is -2.45. The van der Waals surface area contributed by atoms with Crippen molar-refractivity contribution in [3.05, 3.63) is 41.7 Å². The summed E-state index contributed by atoms with van der Waals surface area (Å²) >= 11 is 0.583. The molecule has 4 rings (SSSR count). The fourth-order valence-corrected chi connectivity index (χ4v) is 6.05. The second-order valence-corrected chi connectivity index (χ2v) is 12.8. The molecule has 1 fully saturated rings. The van der Waals surface area contributed by atoms with Crippen LogP contribution in [-0.2, 0) is 16.1 Å². The van der Waals surface area contributed by atoms with Gasteiger partial charge in [0.15, 0.2) is 11.5 Å². The van der Waals surface area contributed by atoms with Crippen LogP contribution in [0.15, 0.2) is 24.4 Å². The van der Waals surface area contributed by atoms with E-state index in [1.165, 1.54) is 0 Å². The van der Waals surface area contributed by atoms with Crippen molar-refractivity contribution in [2.45, 2.75) is 70.8 Å². The number of anilines is 3. The Morgan fingerprint density at radius 1 is 1.08 bits per heavy atom. The van der Waals surface area contributed by atoms with Crippen LogP contribution in [0.1, 0.15) is 50.5 Å². The monoisotopic (exact) mass is 707 g/mol. The lowest BCUT2D eigenvalue weighted by molar-refractivity contribution is -0.186. The Labute approximate surface area is 274 Å². The summed E-state index contributed by atoms with van der Waals surface area (Å²) in [6.07, 6.45) is -7.36. The Hall–Kier alpha value is -4.42. The molecule has 1 unspecified atom stereocenters. The minimum Gasteiger partial charge on any atom is -0.444 e. The highest BCUT2D eigenvalue weighted by Crippen LogP contribution is 2.37. The van der Waals surface area contributed by atoms with Crippen molar-refractivity contribution in [2.24, 2.45) is 0 Å². The maximum atomic E-state index is 14.6. The second kappa shape index (κ2) is 14.4. The highest BCUT2D eigenvalue weighted by atomic mass is 32.1. The number of carbonyl (C=O) groups is 3. The zero-order valence-electron chi connectivity index (χ0n) is 26.1. The number of amides is 3. The number of hydrogen-bond acceptors (Lipinski definition) is 8. The average Bonchev–Trinajstić information content (AvgIpc) is 3.45. The van der Waals surface area contributed by atoms with Crippen molar-refractivity contribution in [3.63, 3.8) is 0 Å². The van der Waals surface area contributed by atoms with Gasteiger partial charge in [-0.05, 0) is 52.2 Å². The average molecular weight is 708 g/mol. The number of nitrogens with zero attached hydrogens (tertiary/aromatic N) is 5.